The molecule has 1 heterocycles. The van der Waals surface area contributed by atoms with Crippen molar-refractivity contribution in [3.05, 3.63) is 27.2 Å². The predicted octanol–water partition coefficient (Wildman–Crippen LogP) is 2.56. The minimum absolute atomic E-state index is 0.246. The lowest BCUT2D eigenvalue weighted by Crippen LogP contribution is -2.40. The number of carbonyl (C=O) groups is 2. The number of halogens is 2. The molecular weight excluding hydrogens is 307 g/mol. The van der Waals surface area contributed by atoms with Crippen molar-refractivity contribution in [2.45, 2.75) is 19.4 Å². The van der Waals surface area contributed by atoms with Crippen LogP contribution in [0.15, 0.2) is 16.6 Å². The largest absolute Gasteiger partial charge is 0.340 e. The van der Waals surface area contributed by atoms with Crippen molar-refractivity contribution in [2.75, 3.05) is 5.32 Å². The SMILES string of the molecule is CCC1NC(=O)c2cc(Br)cc(Cl)c2NC1=O. The zero-order valence-corrected chi connectivity index (χ0v) is 11.4. The normalized spacial score (nSPS) is 19.1. The summed E-state index contributed by atoms with van der Waals surface area (Å²) < 4.78 is 0.695. The predicted molar refractivity (Wildman–Crippen MR) is 69.3 cm³/mol. The molecule has 1 atom stereocenters. The Kier molecular flexibility index (Phi) is 3.40. The zero-order valence-electron chi connectivity index (χ0n) is 9.01. The van der Waals surface area contributed by atoms with Crippen molar-refractivity contribution >= 4 is 45.0 Å². The van der Waals surface area contributed by atoms with Crippen LogP contribution in [0.4, 0.5) is 5.69 Å². The molecule has 90 valence electrons. The maximum absolute atomic E-state index is 11.9. The van der Waals surface area contributed by atoms with Crippen LogP contribution < -0.4 is 10.6 Å². The highest BCUT2D eigenvalue weighted by Crippen LogP contribution is 2.31. The summed E-state index contributed by atoms with van der Waals surface area (Å²) in [5.41, 5.74) is 0.738. The van der Waals surface area contributed by atoms with Gasteiger partial charge in [-0.05, 0) is 18.6 Å². The quantitative estimate of drug-likeness (QED) is 0.836. The number of hydrogen-bond donors (Lipinski definition) is 2. The Bertz CT molecular complexity index is 504. The number of fused-ring (bicyclic) bond motifs is 1. The maximum Gasteiger partial charge on any atom is 0.254 e. The van der Waals surface area contributed by atoms with E-state index >= 15 is 0 Å². The van der Waals surface area contributed by atoms with E-state index in [0.29, 0.717) is 27.2 Å². The molecule has 0 bridgehead atoms. The van der Waals surface area contributed by atoms with Gasteiger partial charge in [-0.2, -0.15) is 0 Å². The summed E-state index contributed by atoms with van der Waals surface area (Å²) >= 11 is 9.28. The highest BCUT2D eigenvalue weighted by atomic mass is 79.9. The van der Waals surface area contributed by atoms with Crippen molar-refractivity contribution in [3.63, 3.8) is 0 Å². The summed E-state index contributed by atoms with van der Waals surface area (Å²) in [7, 11) is 0. The number of rotatable bonds is 1. The van der Waals surface area contributed by atoms with Gasteiger partial charge in [-0.15, -0.1) is 0 Å². The Morgan fingerprint density at radius 2 is 2.12 bits per heavy atom. The molecule has 2 N–H and O–H groups in total. The number of amides is 2. The number of nitrogens with one attached hydrogen (secondary N) is 2. The molecule has 0 spiro atoms. The van der Waals surface area contributed by atoms with Gasteiger partial charge in [-0.25, -0.2) is 0 Å². The van der Waals surface area contributed by atoms with Crippen molar-refractivity contribution < 1.29 is 9.59 Å². The third-order valence-electron chi connectivity index (χ3n) is 2.58. The first kappa shape index (κ1) is 12.4. The standard InChI is InChI=1S/C11H10BrClN2O2/c1-2-8-11(17)15-9-6(10(16)14-8)3-5(12)4-7(9)13/h3-4,8H,2H2,1H3,(H,14,16)(H,15,17). The summed E-state index contributed by atoms with van der Waals surface area (Å²) in [4.78, 5) is 23.7. The van der Waals surface area contributed by atoms with Gasteiger partial charge in [0.1, 0.15) is 6.04 Å². The zero-order chi connectivity index (χ0) is 12.6. The van der Waals surface area contributed by atoms with Crippen LogP contribution >= 0.6 is 27.5 Å². The lowest BCUT2D eigenvalue weighted by molar-refractivity contribution is -0.117. The van der Waals surface area contributed by atoms with Gasteiger partial charge >= 0.3 is 0 Å². The van der Waals surface area contributed by atoms with Crippen LogP contribution in [0.25, 0.3) is 0 Å². The van der Waals surface area contributed by atoms with E-state index in [1.54, 1.807) is 12.1 Å². The summed E-state index contributed by atoms with van der Waals surface area (Å²) in [5.74, 6) is -0.544. The molecule has 0 aliphatic carbocycles. The third-order valence-corrected chi connectivity index (χ3v) is 3.33. The Hall–Kier alpha value is -1.07. The highest BCUT2D eigenvalue weighted by Gasteiger charge is 2.28. The van der Waals surface area contributed by atoms with E-state index < -0.39 is 6.04 Å². The van der Waals surface area contributed by atoms with Crippen LogP contribution in [0.3, 0.4) is 0 Å². The fourth-order valence-electron chi connectivity index (χ4n) is 1.68. The van der Waals surface area contributed by atoms with Gasteiger partial charge in [-0.3, -0.25) is 9.59 Å². The van der Waals surface area contributed by atoms with Gasteiger partial charge < -0.3 is 10.6 Å². The topological polar surface area (TPSA) is 58.2 Å². The molecular formula is C11H10BrClN2O2. The summed E-state index contributed by atoms with van der Waals surface area (Å²) in [6.45, 7) is 1.83. The first-order valence-electron chi connectivity index (χ1n) is 5.13. The van der Waals surface area contributed by atoms with Crippen LogP contribution in [0, 0.1) is 0 Å². The molecule has 0 saturated heterocycles. The number of anilines is 1. The Balaban J connectivity index is 2.53. The molecule has 17 heavy (non-hydrogen) atoms. The molecule has 1 aliphatic heterocycles. The van der Waals surface area contributed by atoms with Crippen LogP contribution in [0.5, 0.6) is 0 Å². The van der Waals surface area contributed by atoms with Crippen molar-refractivity contribution in [1.82, 2.24) is 5.32 Å². The second-order valence-electron chi connectivity index (χ2n) is 3.73. The monoisotopic (exact) mass is 316 g/mol. The first-order chi connectivity index (χ1) is 8.02. The van der Waals surface area contributed by atoms with Gasteiger partial charge in [0, 0.05) is 4.47 Å². The summed E-state index contributed by atoms with van der Waals surface area (Å²) in [6, 6.07) is 2.75. The molecule has 2 rings (SSSR count). The molecule has 1 aromatic carbocycles. The molecule has 4 nitrogen and oxygen atoms in total. The van der Waals surface area contributed by atoms with Crippen LogP contribution in [0.1, 0.15) is 23.7 Å². The first-order valence-corrected chi connectivity index (χ1v) is 6.30. The smallest absolute Gasteiger partial charge is 0.254 e. The fourth-order valence-corrected chi connectivity index (χ4v) is 2.54. The molecule has 0 aromatic heterocycles. The van der Waals surface area contributed by atoms with E-state index in [-0.39, 0.29) is 11.8 Å². The molecule has 1 aromatic rings. The number of hydrogen-bond acceptors (Lipinski definition) is 2. The Labute approximate surface area is 112 Å². The van der Waals surface area contributed by atoms with Crippen molar-refractivity contribution in [3.8, 4) is 0 Å². The van der Waals surface area contributed by atoms with Gasteiger partial charge in [0.05, 0.1) is 16.3 Å². The second kappa shape index (κ2) is 4.66. The van der Waals surface area contributed by atoms with Crippen LogP contribution in [-0.4, -0.2) is 17.9 Å². The van der Waals surface area contributed by atoms with Crippen molar-refractivity contribution in [1.29, 1.82) is 0 Å². The third kappa shape index (κ3) is 2.30. The summed E-state index contributed by atoms with van der Waals surface area (Å²) in [5, 5.41) is 5.67. The average molecular weight is 318 g/mol. The molecule has 0 fully saturated rings. The van der Waals surface area contributed by atoms with Crippen molar-refractivity contribution in [2.24, 2.45) is 0 Å². The molecule has 0 saturated carbocycles. The molecule has 1 aliphatic rings. The fraction of sp³-hybridized carbons (Fsp3) is 0.273. The average Bonchev–Trinajstić information content (AvgIpc) is 2.38. The van der Waals surface area contributed by atoms with Gasteiger partial charge in [-0.1, -0.05) is 34.5 Å². The van der Waals surface area contributed by atoms with E-state index in [9.17, 15) is 9.59 Å². The highest BCUT2D eigenvalue weighted by molar-refractivity contribution is 9.10. The molecule has 6 heteroatoms. The number of benzene rings is 1. The second-order valence-corrected chi connectivity index (χ2v) is 5.06. The number of carbonyl (C=O) groups excluding carboxylic acids is 2. The van der Waals surface area contributed by atoms with Gasteiger partial charge in [0.25, 0.3) is 5.91 Å². The van der Waals surface area contributed by atoms with Crippen LogP contribution in [-0.2, 0) is 4.79 Å². The molecule has 2 amide bonds. The van der Waals surface area contributed by atoms with E-state index in [4.69, 9.17) is 11.6 Å². The minimum atomic E-state index is -0.523. The molecule has 1 unspecified atom stereocenters. The Morgan fingerprint density at radius 3 is 2.76 bits per heavy atom. The summed E-state index contributed by atoms with van der Waals surface area (Å²) in [6.07, 6.45) is 0.532. The van der Waals surface area contributed by atoms with E-state index in [2.05, 4.69) is 26.6 Å². The lowest BCUT2D eigenvalue weighted by Gasteiger charge is -2.11. The Morgan fingerprint density at radius 1 is 1.41 bits per heavy atom. The maximum atomic E-state index is 11.9. The molecule has 0 radical (unpaired) electrons. The van der Waals surface area contributed by atoms with E-state index in [0.717, 1.165) is 0 Å². The lowest BCUT2D eigenvalue weighted by atomic mass is 10.1. The van der Waals surface area contributed by atoms with Crippen LogP contribution in [0.2, 0.25) is 5.02 Å². The minimum Gasteiger partial charge on any atom is -0.340 e. The van der Waals surface area contributed by atoms with Gasteiger partial charge in [0.15, 0.2) is 0 Å². The van der Waals surface area contributed by atoms with E-state index in [1.807, 2.05) is 6.92 Å². The van der Waals surface area contributed by atoms with E-state index in [1.165, 1.54) is 0 Å². The van der Waals surface area contributed by atoms with Gasteiger partial charge in [0.2, 0.25) is 5.91 Å².